The second kappa shape index (κ2) is 6.91. The molecule has 0 aromatic heterocycles. The summed E-state index contributed by atoms with van der Waals surface area (Å²) in [5.41, 5.74) is 2.82. The molecular weight excluding hydrogens is 220 g/mol. The first kappa shape index (κ1) is 13.6. The van der Waals surface area contributed by atoms with Crippen LogP contribution in [0.3, 0.4) is 0 Å². The maximum absolute atomic E-state index is 3.19. The first-order valence-corrected chi connectivity index (χ1v) is 7.30. The lowest BCUT2D eigenvalue weighted by molar-refractivity contribution is 0.136. The molecule has 0 spiro atoms. The van der Waals surface area contributed by atoms with E-state index in [0.29, 0.717) is 0 Å². The van der Waals surface area contributed by atoms with Gasteiger partial charge in [0, 0.05) is 19.1 Å². The van der Waals surface area contributed by atoms with Crippen molar-refractivity contribution in [3.63, 3.8) is 0 Å². The Balaban J connectivity index is 1.95. The molecular formula is C16H26N2. The number of likely N-dealkylation sites (tertiary alicyclic amines) is 1. The van der Waals surface area contributed by atoms with E-state index in [1.165, 1.54) is 43.4 Å². The molecule has 100 valence electrons. The highest BCUT2D eigenvalue weighted by Crippen LogP contribution is 2.21. The van der Waals surface area contributed by atoms with E-state index in [1.807, 2.05) is 7.05 Å². The van der Waals surface area contributed by atoms with Crippen molar-refractivity contribution in [2.75, 3.05) is 13.6 Å². The second-order valence-corrected chi connectivity index (χ2v) is 5.38. The molecule has 0 aliphatic carbocycles. The van der Waals surface area contributed by atoms with Crippen molar-refractivity contribution in [2.45, 2.75) is 51.7 Å². The van der Waals surface area contributed by atoms with E-state index in [-0.39, 0.29) is 0 Å². The monoisotopic (exact) mass is 246 g/mol. The molecule has 2 nitrogen and oxygen atoms in total. The van der Waals surface area contributed by atoms with E-state index in [0.717, 1.165) is 19.1 Å². The number of nitrogens with one attached hydrogen (secondary N) is 1. The highest BCUT2D eigenvalue weighted by atomic mass is 15.2. The Morgan fingerprint density at radius 3 is 2.56 bits per heavy atom. The average molecular weight is 246 g/mol. The Kier molecular flexibility index (Phi) is 5.21. The molecule has 1 saturated heterocycles. The number of rotatable bonds is 5. The number of benzene rings is 1. The van der Waals surface area contributed by atoms with E-state index in [1.54, 1.807) is 0 Å². The van der Waals surface area contributed by atoms with Gasteiger partial charge in [0.2, 0.25) is 0 Å². The predicted molar refractivity (Wildman–Crippen MR) is 77.5 cm³/mol. The normalized spacial score (nSPS) is 21.1. The predicted octanol–water partition coefficient (Wildman–Crippen LogP) is 3.17. The van der Waals surface area contributed by atoms with Gasteiger partial charge >= 0.3 is 0 Å². The van der Waals surface area contributed by atoms with Crippen LogP contribution in [0.1, 0.15) is 43.7 Å². The molecule has 18 heavy (non-hydrogen) atoms. The van der Waals surface area contributed by atoms with Crippen molar-refractivity contribution >= 4 is 0 Å². The SMILES string of the molecule is CCC1CCCCN1Cc1ccc(CNC)cc1. The molecule has 2 heteroatoms. The van der Waals surface area contributed by atoms with Crippen LogP contribution in [-0.4, -0.2) is 24.5 Å². The van der Waals surface area contributed by atoms with Crippen LogP contribution in [0.25, 0.3) is 0 Å². The minimum Gasteiger partial charge on any atom is -0.316 e. The summed E-state index contributed by atoms with van der Waals surface area (Å²) >= 11 is 0. The smallest absolute Gasteiger partial charge is 0.0236 e. The van der Waals surface area contributed by atoms with E-state index in [2.05, 4.69) is 41.4 Å². The quantitative estimate of drug-likeness (QED) is 0.858. The molecule has 1 heterocycles. The number of hydrogen-bond donors (Lipinski definition) is 1. The van der Waals surface area contributed by atoms with Gasteiger partial charge in [-0.15, -0.1) is 0 Å². The molecule has 0 radical (unpaired) electrons. The zero-order valence-electron chi connectivity index (χ0n) is 11.8. The van der Waals surface area contributed by atoms with Gasteiger partial charge in [-0.25, -0.2) is 0 Å². The molecule has 1 aliphatic heterocycles. The largest absolute Gasteiger partial charge is 0.316 e. The van der Waals surface area contributed by atoms with Crippen molar-refractivity contribution in [1.82, 2.24) is 10.2 Å². The minimum atomic E-state index is 0.802. The molecule has 2 rings (SSSR count). The maximum Gasteiger partial charge on any atom is 0.0236 e. The van der Waals surface area contributed by atoms with Gasteiger partial charge < -0.3 is 5.32 Å². The average Bonchev–Trinajstić information content (AvgIpc) is 2.42. The second-order valence-electron chi connectivity index (χ2n) is 5.38. The van der Waals surface area contributed by atoms with Crippen LogP contribution in [0.5, 0.6) is 0 Å². The van der Waals surface area contributed by atoms with Gasteiger partial charge in [-0.2, -0.15) is 0 Å². The third kappa shape index (κ3) is 3.56. The first-order valence-electron chi connectivity index (χ1n) is 7.30. The van der Waals surface area contributed by atoms with Crippen molar-refractivity contribution in [2.24, 2.45) is 0 Å². The van der Waals surface area contributed by atoms with E-state index in [9.17, 15) is 0 Å². The summed E-state index contributed by atoms with van der Waals surface area (Å²) in [4.78, 5) is 2.66. The standard InChI is InChI=1S/C16H26N2/c1-3-16-6-4-5-11-18(16)13-15-9-7-14(8-10-15)12-17-2/h7-10,16-17H,3-6,11-13H2,1-2H3. The lowest BCUT2D eigenvalue weighted by Gasteiger charge is -2.35. The third-order valence-corrected chi connectivity index (χ3v) is 4.01. The third-order valence-electron chi connectivity index (χ3n) is 4.01. The van der Waals surface area contributed by atoms with Crippen LogP contribution in [0, 0.1) is 0 Å². The number of nitrogens with zero attached hydrogens (tertiary/aromatic N) is 1. The molecule has 0 saturated carbocycles. The zero-order chi connectivity index (χ0) is 12.8. The Bertz CT molecular complexity index is 345. The van der Waals surface area contributed by atoms with Crippen molar-refractivity contribution in [3.8, 4) is 0 Å². The Hall–Kier alpha value is -0.860. The maximum atomic E-state index is 3.19. The Labute approximate surface area is 111 Å². The lowest BCUT2D eigenvalue weighted by Crippen LogP contribution is -2.38. The topological polar surface area (TPSA) is 15.3 Å². The lowest BCUT2D eigenvalue weighted by atomic mass is 9.99. The molecule has 1 unspecified atom stereocenters. The first-order chi connectivity index (χ1) is 8.83. The fourth-order valence-corrected chi connectivity index (χ4v) is 2.93. The Morgan fingerprint density at radius 1 is 1.17 bits per heavy atom. The molecule has 1 atom stereocenters. The van der Waals surface area contributed by atoms with Gasteiger partial charge in [0.25, 0.3) is 0 Å². The van der Waals surface area contributed by atoms with Gasteiger partial charge in [0.15, 0.2) is 0 Å². The highest BCUT2D eigenvalue weighted by molar-refractivity contribution is 5.22. The molecule has 1 fully saturated rings. The van der Waals surface area contributed by atoms with Gasteiger partial charge in [-0.3, -0.25) is 4.90 Å². The van der Waals surface area contributed by atoms with Gasteiger partial charge in [-0.1, -0.05) is 37.6 Å². The molecule has 1 aromatic carbocycles. The highest BCUT2D eigenvalue weighted by Gasteiger charge is 2.20. The fraction of sp³-hybridized carbons (Fsp3) is 0.625. The summed E-state index contributed by atoms with van der Waals surface area (Å²) < 4.78 is 0. The number of piperidine rings is 1. The van der Waals surface area contributed by atoms with Crippen LogP contribution in [-0.2, 0) is 13.1 Å². The van der Waals surface area contributed by atoms with E-state index >= 15 is 0 Å². The fourth-order valence-electron chi connectivity index (χ4n) is 2.93. The minimum absolute atomic E-state index is 0.802. The summed E-state index contributed by atoms with van der Waals surface area (Å²) in [6, 6.07) is 9.87. The van der Waals surface area contributed by atoms with Crippen LogP contribution >= 0.6 is 0 Å². The summed E-state index contributed by atoms with van der Waals surface area (Å²) in [5.74, 6) is 0. The molecule has 1 aromatic rings. The van der Waals surface area contributed by atoms with Crippen LogP contribution in [0.4, 0.5) is 0 Å². The summed E-state index contributed by atoms with van der Waals surface area (Å²) in [6.45, 7) is 5.68. The van der Waals surface area contributed by atoms with Crippen LogP contribution in [0.15, 0.2) is 24.3 Å². The van der Waals surface area contributed by atoms with E-state index in [4.69, 9.17) is 0 Å². The summed E-state index contributed by atoms with van der Waals surface area (Å²) in [5, 5.41) is 3.19. The Morgan fingerprint density at radius 2 is 1.89 bits per heavy atom. The van der Waals surface area contributed by atoms with E-state index < -0.39 is 0 Å². The molecule has 0 bridgehead atoms. The van der Waals surface area contributed by atoms with Crippen molar-refractivity contribution < 1.29 is 0 Å². The van der Waals surface area contributed by atoms with Gasteiger partial charge in [0.05, 0.1) is 0 Å². The molecule has 1 N–H and O–H groups in total. The van der Waals surface area contributed by atoms with Crippen LogP contribution < -0.4 is 5.32 Å². The summed E-state index contributed by atoms with van der Waals surface area (Å²) in [7, 11) is 1.99. The van der Waals surface area contributed by atoms with Gasteiger partial charge in [0.1, 0.15) is 0 Å². The summed E-state index contributed by atoms with van der Waals surface area (Å²) in [6.07, 6.45) is 5.45. The van der Waals surface area contributed by atoms with Crippen molar-refractivity contribution in [3.05, 3.63) is 35.4 Å². The van der Waals surface area contributed by atoms with Crippen LogP contribution in [0.2, 0.25) is 0 Å². The van der Waals surface area contributed by atoms with Gasteiger partial charge in [-0.05, 0) is 44.0 Å². The molecule has 1 aliphatic rings. The molecule has 0 amide bonds. The number of hydrogen-bond acceptors (Lipinski definition) is 2. The zero-order valence-corrected chi connectivity index (χ0v) is 11.8. The van der Waals surface area contributed by atoms with Crippen molar-refractivity contribution in [1.29, 1.82) is 0 Å².